The number of hydrogen-bond acceptors (Lipinski definition) is 3. The number of nitriles is 1. The zero-order valence-electron chi connectivity index (χ0n) is 11.3. The Labute approximate surface area is 118 Å². The second-order valence-corrected chi connectivity index (χ2v) is 4.46. The summed E-state index contributed by atoms with van der Waals surface area (Å²) in [7, 11) is 1.70. The molecule has 1 aromatic carbocycles. The molecule has 1 heterocycles. The average Bonchev–Trinajstić information content (AvgIpc) is 2.53. The van der Waals surface area contributed by atoms with Gasteiger partial charge in [-0.15, -0.1) is 0 Å². The van der Waals surface area contributed by atoms with Crippen LogP contribution in [0.3, 0.4) is 0 Å². The average molecular weight is 265 g/mol. The van der Waals surface area contributed by atoms with E-state index in [4.69, 9.17) is 5.26 Å². The molecule has 0 atom stereocenters. The van der Waals surface area contributed by atoms with Crippen LogP contribution < -0.4 is 4.90 Å². The van der Waals surface area contributed by atoms with Crippen molar-refractivity contribution in [3.8, 4) is 6.07 Å². The molecule has 2 aromatic rings. The summed E-state index contributed by atoms with van der Waals surface area (Å²) in [4.78, 5) is 17.7. The Hall–Kier alpha value is -2.67. The Morgan fingerprint density at radius 3 is 2.60 bits per heavy atom. The van der Waals surface area contributed by atoms with Crippen LogP contribution in [-0.2, 0) is 11.2 Å². The van der Waals surface area contributed by atoms with E-state index in [2.05, 4.69) is 4.98 Å². The summed E-state index contributed by atoms with van der Waals surface area (Å²) in [6.45, 7) is 0. The zero-order valence-corrected chi connectivity index (χ0v) is 11.3. The molecule has 2 rings (SSSR count). The van der Waals surface area contributed by atoms with Crippen molar-refractivity contribution in [2.45, 2.75) is 12.8 Å². The van der Waals surface area contributed by atoms with Crippen molar-refractivity contribution in [3.63, 3.8) is 0 Å². The Bertz CT molecular complexity index is 614. The van der Waals surface area contributed by atoms with Gasteiger partial charge in [0.1, 0.15) is 11.9 Å². The van der Waals surface area contributed by atoms with Gasteiger partial charge in [0, 0.05) is 19.7 Å². The van der Waals surface area contributed by atoms with Crippen LogP contribution in [0.4, 0.5) is 5.82 Å². The highest BCUT2D eigenvalue weighted by atomic mass is 16.2. The van der Waals surface area contributed by atoms with Gasteiger partial charge in [0.15, 0.2) is 0 Å². The number of amides is 1. The number of pyridine rings is 1. The lowest BCUT2D eigenvalue weighted by atomic mass is 10.1. The number of aromatic nitrogens is 1. The van der Waals surface area contributed by atoms with Gasteiger partial charge in [0.05, 0.1) is 5.56 Å². The summed E-state index contributed by atoms with van der Waals surface area (Å²) in [5.41, 5.74) is 1.63. The van der Waals surface area contributed by atoms with E-state index < -0.39 is 0 Å². The van der Waals surface area contributed by atoms with Gasteiger partial charge < -0.3 is 0 Å². The first-order valence-electron chi connectivity index (χ1n) is 6.37. The number of rotatable bonds is 4. The molecule has 0 aliphatic carbocycles. The molecule has 0 fully saturated rings. The first-order chi connectivity index (χ1) is 9.70. The van der Waals surface area contributed by atoms with Gasteiger partial charge in [0.25, 0.3) is 0 Å². The first-order valence-corrected chi connectivity index (χ1v) is 6.37. The Morgan fingerprint density at radius 2 is 2.00 bits per heavy atom. The van der Waals surface area contributed by atoms with E-state index in [0.717, 1.165) is 5.56 Å². The van der Waals surface area contributed by atoms with Gasteiger partial charge in [-0.1, -0.05) is 30.3 Å². The fraction of sp³-hybridized carbons (Fsp3) is 0.188. The molecular formula is C16H15N3O. The number of carbonyl (C=O) groups is 1. The highest BCUT2D eigenvalue weighted by Crippen LogP contribution is 2.12. The van der Waals surface area contributed by atoms with Gasteiger partial charge in [-0.05, 0) is 24.1 Å². The molecule has 0 aliphatic rings. The van der Waals surface area contributed by atoms with E-state index in [0.29, 0.717) is 24.2 Å². The Morgan fingerprint density at radius 1 is 1.25 bits per heavy atom. The molecule has 0 saturated heterocycles. The molecule has 4 nitrogen and oxygen atoms in total. The SMILES string of the molecule is CN(C(=O)CCc1ccccc1)c1ccc(C#N)cn1. The number of anilines is 1. The fourth-order valence-corrected chi connectivity index (χ4v) is 1.84. The van der Waals surface area contributed by atoms with Crippen LogP contribution >= 0.6 is 0 Å². The summed E-state index contributed by atoms with van der Waals surface area (Å²) in [5.74, 6) is 0.563. The largest absolute Gasteiger partial charge is 0.300 e. The summed E-state index contributed by atoms with van der Waals surface area (Å²) in [5, 5.41) is 8.72. The molecule has 0 bridgehead atoms. The predicted octanol–water partition coefficient (Wildman–Crippen LogP) is 2.55. The molecule has 1 aromatic heterocycles. The third kappa shape index (κ3) is 3.42. The van der Waals surface area contributed by atoms with Gasteiger partial charge in [-0.2, -0.15) is 5.26 Å². The first kappa shape index (κ1) is 13.8. The zero-order chi connectivity index (χ0) is 14.4. The summed E-state index contributed by atoms with van der Waals surface area (Å²) in [6.07, 6.45) is 2.61. The minimum atomic E-state index is 0.00561. The van der Waals surface area contributed by atoms with E-state index in [1.54, 1.807) is 19.2 Å². The lowest BCUT2D eigenvalue weighted by Gasteiger charge is -2.16. The number of hydrogen-bond donors (Lipinski definition) is 0. The van der Waals surface area contributed by atoms with Crippen LogP contribution in [0.2, 0.25) is 0 Å². The van der Waals surface area contributed by atoms with E-state index >= 15 is 0 Å². The second-order valence-electron chi connectivity index (χ2n) is 4.46. The van der Waals surface area contributed by atoms with Crippen molar-refractivity contribution in [2.75, 3.05) is 11.9 Å². The number of aryl methyl sites for hydroxylation is 1. The molecule has 0 N–H and O–H groups in total. The lowest BCUT2D eigenvalue weighted by molar-refractivity contribution is -0.118. The number of benzene rings is 1. The number of nitrogens with zero attached hydrogens (tertiary/aromatic N) is 3. The van der Waals surface area contributed by atoms with Crippen LogP contribution in [0.5, 0.6) is 0 Å². The van der Waals surface area contributed by atoms with E-state index in [9.17, 15) is 4.79 Å². The fourth-order valence-electron chi connectivity index (χ4n) is 1.84. The van der Waals surface area contributed by atoms with Crippen molar-refractivity contribution in [1.29, 1.82) is 5.26 Å². The van der Waals surface area contributed by atoms with Gasteiger partial charge in [-0.25, -0.2) is 4.98 Å². The highest BCUT2D eigenvalue weighted by Gasteiger charge is 2.11. The molecule has 100 valence electrons. The molecule has 4 heteroatoms. The van der Waals surface area contributed by atoms with Crippen molar-refractivity contribution in [3.05, 3.63) is 59.8 Å². The molecule has 0 unspecified atom stereocenters. The Balaban J connectivity index is 1.96. The van der Waals surface area contributed by atoms with E-state index in [1.165, 1.54) is 11.1 Å². The molecule has 0 radical (unpaired) electrons. The van der Waals surface area contributed by atoms with Crippen molar-refractivity contribution in [1.82, 2.24) is 4.98 Å². The minimum Gasteiger partial charge on any atom is -0.300 e. The summed E-state index contributed by atoms with van der Waals surface area (Å²) in [6, 6.07) is 15.2. The van der Waals surface area contributed by atoms with Crippen molar-refractivity contribution >= 4 is 11.7 Å². The van der Waals surface area contributed by atoms with E-state index in [1.807, 2.05) is 36.4 Å². The molecular weight excluding hydrogens is 250 g/mol. The van der Waals surface area contributed by atoms with Crippen molar-refractivity contribution < 1.29 is 4.79 Å². The molecule has 0 saturated carbocycles. The van der Waals surface area contributed by atoms with E-state index in [-0.39, 0.29) is 5.91 Å². The minimum absolute atomic E-state index is 0.00561. The predicted molar refractivity (Wildman–Crippen MR) is 77.1 cm³/mol. The lowest BCUT2D eigenvalue weighted by Crippen LogP contribution is -2.27. The van der Waals surface area contributed by atoms with Gasteiger partial charge in [0.2, 0.25) is 5.91 Å². The van der Waals surface area contributed by atoms with Crippen LogP contribution in [0.1, 0.15) is 17.5 Å². The van der Waals surface area contributed by atoms with Crippen LogP contribution in [0, 0.1) is 11.3 Å². The maximum atomic E-state index is 12.1. The third-order valence-electron chi connectivity index (χ3n) is 3.07. The van der Waals surface area contributed by atoms with Crippen LogP contribution in [-0.4, -0.2) is 17.9 Å². The van der Waals surface area contributed by atoms with Crippen LogP contribution in [0.25, 0.3) is 0 Å². The van der Waals surface area contributed by atoms with Gasteiger partial charge >= 0.3 is 0 Å². The maximum absolute atomic E-state index is 12.1. The summed E-state index contributed by atoms with van der Waals surface area (Å²) >= 11 is 0. The number of carbonyl (C=O) groups excluding carboxylic acids is 1. The molecule has 20 heavy (non-hydrogen) atoms. The molecule has 1 amide bonds. The second kappa shape index (κ2) is 6.48. The summed E-state index contributed by atoms with van der Waals surface area (Å²) < 4.78 is 0. The normalized spacial score (nSPS) is 9.80. The monoisotopic (exact) mass is 265 g/mol. The smallest absolute Gasteiger partial charge is 0.228 e. The van der Waals surface area contributed by atoms with Gasteiger partial charge in [-0.3, -0.25) is 9.69 Å². The topological polar surface area (TPSA) is 57.0 Å². The molecule has 0 aliphatic heterocycles. The standard InChI is InChI=1S/C16H15N3O/c1-19(15-9-7-14(11-17)12-18-15)16(20)10-8-13-5-3-2-4-6-13/h2-7,9,12H,8,10H2,1H3. The van der Waals surface area contributed by atoms with Crippen LogP contribution in [0.15, 0.2) is 48.7 Å². The highest BCUT2D eigenvalue weighted by molar-refractivity contribution is 5.91. The maximum Gasteiger partial charge on any atom is 0.228 e. The Kier molecular flexibility index (Phi) is 4.46. The third-order valence-corrected chi connectivity index (χ3v) is 3.07. The molecule has 0 spiro atoms. The van der Waals surface area contributed by atoms with Crippen molar-refractivity contribution in [2.24, 2.45) is 0 Å². The quantitative estimate of drug-likeness (QED) is 0.853.